The SMILES string of the molecule is COC(=O)N[C@H](C(=O)N1CCC[C@H]1c1ncc(-c2ccc3oc(-c4ccc(-c5cnc([C@@H]6CCCN6C(=O)[C@@H](NC(=O)OC)C(C)(C)C)[nH]5)cc4)cc3c2)[nH]1)C(C)C. The van der Waals surface area contributed by atoms with Crippen molar-refractivity contribution in [2.45, 2.75) is 84.5 Å². The molecule has 306 valence electrons. The van der Waals surface area contributed by atoms with E-state index in [-0.39, 0.29) is 29.8 Å². The van der Waals surface area contributed by atoms with Gasteiger partial charge < -0.3 is 44.3 Å². The summed E-state index contributed by atoms with van der Waals surface area (Å²) < 4.78 is 15.8. The topological polar surface area (TPSA) is 188 Å². The lowest BCUT2D eigenvalue weighted by Gasteiger charge is -2.35. The number of carbonyl (C=O) groups is 4. The Hall–Kier alpha value is -6.12. The Morgan fingerprint density at radius 2 is 1.29 bits per heavy atom. The number of benzene rings is 2. The number of ether oxygens (including phenoxy) is 2. The van der Waals surface area contributed by atoms with Crippen LogP contribution in [0, 0.1) is 11.3 Å². The highest BCUT2D eigenvalue weighted by molar-refractivity contribution is 5.89. The fraction of sp³-hybridized carbons (Fsp3) is 0.442. The van der Waals surface area contributed by atoms with E-state index < -0.39 is 29.7 Å². The summed E-state index contributed by atoms with van der Waals surface area (Å²) in [5.41, 5.74) is 4.67. The highest BCUT2D eigenvalue weighted by Crippen LogP contribution is 2.37. The average Bonchev–Trinajstić information content (AvgIpc) is 4.06. The lowest BCUT2D eigenvalue weighted by molar-refractivity contribution is -0.137. The Kier molecular flexibility index (Phi) is 11.3. The zero-order chi connectivity index (χ0) is 41.3. The monoisotopic (exact) mass is 792 g/mol. The summed E-state index contributed by atoms with van der Waals surface area (Å²) in [6.45, 7) is 10.7. The summed E-state index contributed by atoms with van der Waals surface area (Å²) in [5, 5.41) is 6.36. The van der Waals surface area contributed by atoms with Gasteiger partial charge in [-0.2, -0.15) is 0 Å². The number of nitrogens with zero attached hydrogens (tertiary/aromatic N) is 4. The number of carbonyl (C=O) groups excluding carboxylic acids is 4. The summed E-state index contributed by atoms with van der Waals surface area (Å²) >= 11 is 0. The maximum absolute atomic E-state index is 13.8. The molecular formula is C43H52N8O7. The van der Waals surface area contributed by atoms with Crippen LogP contribution in [0.4, 0.5) is 9.59 Å². The van der Waals surface area contributed by atoms with Crippen molar-refractivity contribution in [3.05, 3.63) is 72.6 Å². The van der Waals surface area contributed by atoms with Gasteiger partial charge in [-0.15, -0.1) is 0 Å². The standard InChI is InChI=1S/C43H52N8O7/c1-24(2)35(48-41(54)56-6)39(52)50-18-8-10-31(50)37-45-23-30(47-37)27-16-17-33-28(20-27)21-34(58-33)26-14-12-25(13-15-26)29-22-44-38(46-29)32-11-9-19-51(32)40(53)36(43(3,4)5)49-42(55)57-7/h12-17,20-24,31-32,35-36H,8-11,18-19H2,1-7H3,(H,44,46)(H,45,47)(H,48,54)(H,49,55)/t31-,32-,35-,36+/m0/s1. The van der Waals surface area contributed by atoms with Crippen LogP contribution in [0.3, 0.4) is 0 Å². The van der Waals surface area contributed by atoms with Crippen LogP contribution in [0.1, 0.15) is 84.0 Å². The quantitative estimate of drug-likeness (QED) is 0.112. The van der Waals surface area contributed by atoms with Crippen LogP contribution in [0.5, 0.6) is 0 Å². The van der Waals surface area contributed by atoms with E-state index in [9.17, 15) is 19.2 Å². The summed E-state index contributed by atoms with van der Waals surface area (Å²) in [5.74, 6) is 1.70. The number of fused-ring (bicyclic) bond motifs is 1. The normalized spacial score (nSPS) is 18.1. The number of likely N-dealkylation sites (tertiary alicyclic amines) is 2. The Bertz CT molecular complexity index is 2280. The van der Waals surface area contributed by atoms with Gasteiger partial charge in [-0.1, -0.05) is 58.9 Å². The van der Waals surface area contributed by atoms with E-state index in [1.807, 2.05) is 77.1 Å². The molecule has 15 heteroatoms. The zero-order valence-electron chi connectivity index (χ0n) is 34.0. The van der Waals surface area contributed by atoms with Crippen molar-refractivity contribution in [2.75, 3.05) is 27.3 Å². The molecule has 2 aromatic carbocycles. The molecule has 2 aliphatic rings. The lowest BCUT2D eigenvalue weighted by atomic mass is 9.85. The number of hydrogen-bond donors (Lipinski definition) is 4. The molecule has 0 saturated carbocycles. The van der Waals surface area contributed by atoms with Gasteiger partial charge in [0.25, 0.3) is 0 Å². The molecule has 2 aliphatic heterocycles. The molecule has 5 aromatic rings. The minimum Gasteiger partial charge on any atom is -0.456 e. The van der Waals surface area contributed by atoms with E-state index in [2.05, 4.69) is 31.7 Å². The van der Waals surface area contributed by atoms with E-state index >= 15 is 0 Å². The van der Waals surface area contributed by atoms with Crippen LogP contribution in [0.2, 0.25) is 0 Å². The highest BCUT2D eigenvalue weighted by Gasteiger charge is 2.41. The summed E-state index contributed by atoms with van der Waals surface area (Å²) in [6.07, 6.45) is 5.50. The van der Waals surface area contributed by atoms with E-state index in [4.69, 9.17) is 18.9 Å². The van der Waals surface area contributed by atoms with Gasteiger partial charge in [-0.3, -0.25) is 9.59 Å². The number of rotatable bonds is 10. The number of hydrogen-bond acceptors (Lipinski definition) is 9. The molecule has 3 aromatic heterocycles. The van der Waals surface area contributed by atoms with Gasteiger partial charge in [0.15, 0.2) is 0 Å². The van der Waals surface area contributed by atoms with Gasteiger partial charge in [0, 0.05) is 29.6 Å². The minimum absolute atomic E-state index is 0.116. The first-order valence-corrected chi connectivity index (χ1v) is 19.8. The van der Waals surface area contributed by atoms with Crippen LogP contribution in [-0.4, -0.2) is 93.1 Å². The molecule has 0 spiro atoms. The molecule has 4 atom stereocenters. The first-order valence-electron chi connectivity index (χ1n) is 19.8. The Morgan fingerprint density at radius 3 is 1.86 bits per heavy atom. The fourth-order valence-corrected chi connectivity index (χ4v) is 7.97. The molecule has 4 N–H and O–H groups in total. The summed E-state index contributed by atoms with van der Waals surface area (Å²) in [7, 11) is 2.57. The highest BCUT2D eigenvalue weighted by atomic mass is 16.5. The maximum atomic E-state index is 13.8. The fourth-order valence-electron chi connectivity index (χ4n) is 7.97. The molecule has 5 heterocycles. The van der Waals surface area contributed by atoms with Crippen LogP contribution in [0.25, 0.3) is 44.8 Å². The third kappa shape index (κ3) is 8.16. The third-order valence-electron chi connectivity index (χ3n) is 11.2. The Labute approximate surface area is 337 Å². The van der Waals surface area contributed by atoms with Gasteiger partial charge in [0.2, 0.25) is 11.8 Å². The van der Waals surface area contributed by atoms with Crippen molar-refractivity contribution < 1.29 is 33.1 Å². The molecule has 0 aliphatic carbocycles. The molecule has 0 radical (unpaired) electrons. The summed E-state index contributed by atoms with van der Waals surface area (Å²) in [4.78, 5) is 71.3. The summed E-state index contributed by atoms with van der Waals surface area (Å²) in [6, 6.07) is 14.1. The second-order valence-electron chi connectivity index (χ2n) is 16.5. The molecule has 58 heavy (non-hydrogen) atoms. The minimum atomic E-state index is -0.750. The molecule has 2 saturated heterocycles. The first-order chi connectivity index (χ1) is 27.7. The van der Waals surface area contributed by atoms with Crippen LogP contribution >= 0.6 is 0 Å². The van der Waals surface area contributed by atoms with E-state index in [0.717, 1.165) is 70.5 Å². The van der Waals surface area contributed by atoms with Gasteiger partial charge in [-0.25, -0.2) is 19.6 Å². The van der Waals surface area contributed by atoms with Gasteiger partial charge in [0.1, 0.15) is 35.1 Å². The van der Waals surface area contributed by atoms with E-state index in [1.54, 1.807) is 22.2 Å². The molecule has 4 amide bonds. The molecule has 2 fully saturated rings. The van der Waals surface area contributed by atoms with Gasteiger partial charge in [0.05, 0.1) is 50.1 Å². The molecule has 7 rings (SSSR count). The zero-order valence-corrected chi connectivity index (χ0v) is 34.0. The van der Waals surface area contributed by atoms with Crippen molar-refractivity contribution >= 4 is 35.0 Å². The van der Waals surface area contributed by atoms with Crippen LogP contribution < -0.4 is 10.6 Å². The lowest BCUT2D eigenvalue weighted by Crippen LogP contribution is -2.54. The van der Waals surface area contributed by atoms with Crippen molar-refractivity contribution in [1.29, 1.82) is 0 Å². The number of nitrogens with one attached hydrogen (secondary N) is 4. The van der Waals surface area contributed by atoms with Crippen molar-refractivity contribution in [2.24, 2.45) is 11.3 Å². The third-order valence-corrected chi connectivity index (χ3v) is 11.2. The van der Waals surface area contributed by atoms with E-state index in [1.165, 1.54) is 14.2 Å². The molecule has 15 nitrogen and oxygen atoms in total. The van der Waals surface area contributed by atoms with Crippen LogP contribution in [0.15, 0.2) is 65.3 Å². The largest absolute Gasteiger partial charge is 0.456 e. The number of aromatic amines is 2. The number of imidazole rings is 2. The molecule has 0 unspecified atom stereocenters. The predicted molar refractivity (Wildman–Crippen MR) is 217 cm³/mol. The molecule has 0 bridgehead atoms. The second-order valence-corrected chi connectivity index (χ2v) is 16.5. The number of H-pyrrole nitrogens is 2. The average molecular weight is 793 g/mol. The maximum Gasteiger partial charge on any atom is 0.407 e. The number of methoxy groups -OCH3 is 2. The van der Waals surface area contributed by atoms with Crippen molar-refractivity contribution in [1.82, 2.24) is 40.4 Å². The van der Waals surface area contributed by atoms with Crippen molar-refractivity contribution in [3.63, 3.8) is 0 Å². The smallest absolute Gasteiger partial charge is 0.407 e. The van der Waals surface area contributed by atoms with Crippen LogP contribution in [-0.2, 0) is 19.1 Å². The number of aromatic nitrogens is 4. The Balaban J connectivity index is 1.04. The van der Waals surface area contributed by atoms with Gasteiger partial charge in [-0.05, 0) is 66.8 Å². The van der Waals surface area contributed by atoms with Gasteiger partial charge >= 0.3 is 12.2 Å². The van der Waals surface area contributed by atoms with E-state index in [0.29, 0.717) is 24.7 Å². The van der Waals surface area contributed by atoms with Crippen molar-refractivity contribution in [3.8, 4) is 33.8 Å². The Morgan fingerprint density at radius 1 is 0.759 bits per heavy atom. The second kappa shape index (κ2) is 16.4. The number of amides is 4. The predicted octanol–water partition coefficient (Wildman–Crippen LogP) is 7.36. The number of furan rings is 1. The number of alkyl carbamates (subject to hydrolysis) is 2. The first kappa shape index (κ1) is 40.1. The molecular weight excluding hydrogens is 741 g/mol.